The highest BCUT2D eigenvalue weighted by atomic mass is 35.5. The first kappa shape index (κ1) is 17.6. The van der Waals surface area contributed by atoms with E-state index in [1.165, 1.54) is 0 Å². The van der Waals surface area contributed by atoms with Crippen molar-refractivity contribution >= 4 is 45.8 Å². The minimum absolute atomic E-state index is 0.105. The van der Waals surface area contributed by atoms with Crippen molar-refractivity contribution < 1.29 is 4.79 Å². The minimum Gasteiger partial charge on any atom is -0.338 e. The van der Waals surface area contributed by atoms with Crippen molar-refractivity contribution in [2.45, 2.75) is 6.42 Å². The molecule has 1 amide bonds. The number of rotatable bonds is 4. The number of H-pyrrole nitrogens is 1. The lowest BCUT2D eigenvalue weighted by Gasteiger charge is -2.09. The molecule has 0 saturated carbocycles. The monoisotopic (exact) mass is 395 g/mol. The molecule has 27 heavy (non-hydrogen) atoms. The number of amides is 1. The number of aromatic nitrogens is 2. The number of fused-ring (bicyclic) bond motifs is 1. The van der Waals surface area contributed by atoms with E-state index >= 15 is 0 Å². The largest absolute Gasteiger partial charge is 0.338 e. The Bertz CT molecular complexity index is 1080. The molecule has 134 valence electrons. The van der Waals surface area contributed by atoms with Gasteiger partial charge in [-0.3, -0.25) is 4.79 Å². The van der Waals surface area contributed by atoms with Gasteiger partial charge in [-0.05, 0) is 42.0 Å². The number of para-hydroxylation sites is 2. The zero-order valence-corrected chi connectivity index (χ0v) is 15.7. The van der Waals surface area contributed by atoms with Crippen LogP contribution in [0.3, 0.4) is 0 Å². The van der Waals surface area contributed by atoms with Crippen molar-refractivity contribution in [2.24, 2.45) is 0 Å². The summed E-state index contributed by atoms with van der Waals surface area (Å²) in [6, 6.07) is 20.6. The number of hydrogen-bond acceptors (Lipinski definition) is 2. The fourth-order valence-corrected chi connectivity index (χ4v) is 3.43. The molecule has 3 aromatic carbocycles. The van der Waals surface area contributed by atoms with Crippen molar-refractivity contribution in [2.75, 3.05) is 5.32 Å². The third-order valence-electron chi connectivity index (χ3n) is 4.21. The second kappa shape index (κ2) is 7.43. The molecule has 0 aliphatic carbocycles. The van der Waals surface area contributed by atoms with Crippen LogP contribution in [0.15, 0.2) is 66.7 Å². The molecule has 2 N–H and O–H groups in total. The highest BCUT2D eigenvalue weighted by Gasteiger charge is 2.12. The van der Waals surface area contributed by atoms with E-state index in [9.17, 15) is 4.79 Å². The Labute approximate surface area is 166 Å². The molecule has 0 radical (unpaired) electrons. The number of nitrogens with zero attached hydrogens (tertiary/aromatic N) is 1. The van der Waals surface area contributed by atoms with Crippen LogP contribution in [0.4, 0.5) is 5.69 Å². The van der Waals surface area contributed by atoms with Gasteiger partial charge in [-0.1, -0.05) is 53.5 Å². The van der Waals surface area contributed by atoms with Crippen LogP contribution in [-0.2, 0) is 11.2 Å². The van der Waals surface area contributed by atoms with Crippen LogP contribution in [0.25, 0.3) is 22.4 Å². The van der Waals surface area contributed by atoms with E-state index in [-0.39, 0.29) is 12.3 Å². The number of halogens is 2. The van der Waals surface area contributed by atoms with Gasteiger partial charge in [-0.2, -0.15) is 0 Å². The maximum atomic E-state index is 12.4. The van der Waals surface area contributed by atoms with E-state index < -0.39 is 0 Å². The lowest BCUT2D eigenvalue weighted by atomic mass is 10.1. The van der Waals surface area contributed by atoms with Crippen molar-refractivity contribution in [3.05, 3.63) is 82.3 Å². The SMILES string of the molecule is O=C(Cc1c(Cl)cccc1Cl)Nc1cccc(-c2nc3ccccc3[nH]2)c1. The zero-order chi connectivity index (χ0) is 18.8. The second-order valence-electron chi connectivity index (χ2n) is 6.11. The lowest BCUT2D eigenvalue weighted by molar-refractivity contribution is -0.115. The number of carbonyl (C=O) groups excluding carboxylic acids is 1. The second-order valence-corrected chi connectivity index (χ2v) is 6.92. The fourth-order valence-electron chi connectivity index (χ4n) is 2.90. The van der Waals surface area contributed by atoms with Crippen molar-refractivity contribution in [1.82, 2.24) is 9.97 Å². The lowest BCUT2D eigenvalue weighted by Crippen LogP contribution is -2.15. The minimum atomic E-state index is -0.188. The third kappa shape index (κ3) is 3.82. The topological polar surface area (TPSA) is 57.8 Å². The first-order chi connectivity index (χ1) is 13.1. The van der Waals surface area contributed by atoms with E-state index in [1.54, 1.807) is 18.2 Å². The molecule has 6 heteroatoms. The Kier molecular flexibility index (Phi) is 4.84. The molecule has 4 aromatic rings. The molecule has 0 unspecified atom stereocenters. The maximum absolute atomic E-state index is 12.4. The van der Waals surface area contributed by atoms with Crippen molar-refractivity contribution in [3.63, 3.8) is 0 Å². The molecule has 4 nitrogen and oxygen atoms in total. The third-order valence-corrected chi connectivity index (χ3v) is 4.92. The number of carbonyl (C=O) groups is 1. The average Bonchev–Trinajstić information content (AvgIpc) is 3.09. The first-order valence-corrected chi connectivity index (χ1v) is 9.14. The smallest absolute Gasteiger partial charge is 0.228 e. The first-order valence-electron chi connectivity index (χ1n) is 8.38. The predicted molar refractivity (Wildman–Crippen MR) is 110 cm³/mol. The summed E-state index contributed by atoms with van der Waals surface area (Å²) in [5.74, 6) is 0.563. The summed E-state index contributed by atoms with van der Waals surface area (Å²) in [7, 11) is 0. The van der Waals surface area contributed by atoms with E-state index in [0.29, 0.717) is 21.3 Å². The zero-order valence-electron chi connectivity index (χ0n) is 14.2. The number of aromatic amines is 1. The molecule has 0 atom stereocenters. The summed E-state index contributed by atoms with van der Waals surface area (Å²) in [5.41, 5.74) is 4.05. The Morgan fingerprint density at radius 2 is 1.70 bits per heavy atom. The number of nitrogens with one attached hydrogen (secondary N) is 2. The van der Waals surface area contributed by atoms with Gasteiger partial charge in [0.15, 0.2) is 0 Å². The van der Waals surface area contributed by atoms with Gasteiger partial charge in [-0.25, -0.2) is 4.98 Å². The van der Waals surface area contributed by atoms with Gasteiger partial charge in [0, 0.05) is 21.3 Å². The fraction of sp³-hybridized carbons (Fsp3) is 0.0476. The van der Waals surface area contributed by atoms with Gasteiger partial charge in [0.25, 0.3) is 0 Å². The molecule has 0 aliphatic rings. The Morgan fingerprint density at radius 1 is 0.963 bits per heavy atom. The van der Waals surface area contributed by atoms with Gasteiger partial charge in [0.2, 0.25) is 5.91 Å². The van der Waals surface area contributed by atoms with E-state index in [0.717, 1.165) is 22.4 Å². The highest BCUT2D eigenvalue weighted by Crippen LogP contribution is 2.26. The summed E-state index contributed by atoms with van der Waals surface area (Å²) in [6.07, 6.45) is 0.105. The maximum Gasteiger partial charge on any atom is 0.228 e. The van der Waals surface area contributed by atoms with E-state index in [1.807, 2.05) is 48.5 Å². The number of hydrogen-bond donors (Lipinski definition) is 2. The molecule has 1 aromatic heterocycles. The van der Waals surface area contributed by atoms with Crippen molar-refractivity contribution in [1.29, 1.82) is 0 Å². The highest BCUT2D eigenvalue weighted by molar-refractivity contribution is 6.36. The number of anilines is 1. The summed E-state index contributed by atoms with van der Waals surface area (Å²) < 4.78 is 0. The van der Waals surface area contributed by atoms with Gasteiger partial charge in [-0.15, -0.1) is 0 Å². The summed E-state index contributed by atoms with van der Waals surface area (Å²) in [5, 5.41) is 3.85. The normalized spacial score (nSPS) is 10.9. The van der Waals surface area contributed by atoms with Crippen molar-refractivity contribution in [3.8, 4) is 11.4 Å². The summed E-state index contributed by atoms with van der Waals surface area (Å²) >= 11 is 12.3. The predicted octanol–water partition coefficient (Wildman–Crippen LogP) is 5.72. The van der Waals surface area contributed by atoms with Gasteiger partial charge >= 0.3 is 0 Å². The standard InChI is InChI=1S/C21H15Cl2N3O/c22-16-7-4-8-17(23)15(16)12-20(27)24-14-6-3-5-13(11-14)21-25-18-9-1-2-10-19(18)26-21/h1-11H,12H2,(H,24,27)(H,25,26). The molecule has 0 saturated heterocycles. The Morgan fingerprint density at radius 3 is 2.48 bits per heavy atom. The van der Waals surface area contributed by atoms with Crippen LogP contribution in [0, 0.1) is 0 Å². The molecule has 0 spiro atoms. The van der Waals surface area contributed by atoms with Crippen LogP contribution in [0.2, 0.25) is 10.0 Å². The molecule has 0 fully saturated rings. The summed E-state index contributed by atoms with van der Waals surface area (Å²) in [4.78, 5) is 20.3. The van der Waals surface area contributed by atoms with Gasteiger partial charge < -0.3 is 10.3 Å². The Balaban J connectivity index is 1.55. The van der Waals surface area contributed by atoms with Crippen LogP contribution >= 0.6 is 23.2 Å². The molecule has 1 heterocycles. The summed E-state index contributed by atoms with van der Waals surface area (Å²) in [6.45, 7) is 0. The molecule has 4 rings (SSSR count). The number of imidazole rings is 1. The molecular formula is C21H15Cl2N3O. The van der Waals surface area contributed by atoms with Crippen LogP contribution in [-0.4, -0.2) is 15.9 Å². The van der Waals surface area contributed by atoms with Crippen LogP contribution in [0.1, 0.15) is 5.56 Å². The van der Waals surface area contributed by atoms with Gasteiger partial charge in [0.05, 0.1) is 17.5 Å². The van der Waals surface area contributed by atoms with Crippen LogP contribution < -0.4 is 5.32 Å². The van der Waals surface area contributed by atoms with E-state index in [2.05, 4.69) is 15.3 Å². The number of benzene rings is 3. The van der Waals surface area contributed by atoms with E-state index in [4.69, 9.17) is 23.2 Å². The quantitative estimate of drug-likeness (QED) is 0.464. The molecule has 0 bridgehead atoms. The van der Waals surface area contributed by atoms with Crippen LogP contribution in [0.5, 0.6) is 0 Å². The van der Waals surface area contributed by atoms with Gasteiger partial charge in [0.1, 0.15) is 5.82 Å². The molecular weight excluding hydrogens is 381 g/mol. The molecule has 0 aliphatic heterocycles. The average molecular weight is 396 g/mol. The Hall–Kier alpha value is -2.82.